The van der Waals surface area contributed by atoms with Crippen molar-refractivity contribution in [3.05, 3.63) is 41.9 Å². The Hall–Kier alpha value is -1.99. The highest BCUT2D eigenvalue weighted by Crippen LogP contribution is 2.41. The first-order chi connectivity index (χ1) is 15.0. The molecule has 2 saturated heterocycles. The van der Waals surface area contributed by atoms with Gasteiger partial charge in [0.1, 0.15) is 23.5 Å². The molecule has 166 valence electrons. The van der Waals surface area contributed by atoms with Gasteiger partial charge in [0.05, 0.1) is 5.69 Å². The number of nitrogens with two attached hydrogens (primary N) is 1. The molecular formula is C24H33N5OS. The van der Waals surface area contributed by atoms with Crippen LogP contribution >= 0.6 is 11.8 Å². The number of nitrogen functional groups attached to an aromatic ring is 1. The van der Waals surface area contributed by atoms with Crippen LogP contribution in [0, 0.1) is 0 Å². The average molecular weight is 440 g/mol. The molecule has 1 aliphatic carbocycles. The van der Waals surface area contributed by atoms with Crippen molar-refractivity contribution >= 4 is 23.3 Å². The van der Waals surface area contributed by atoms with Gasteiger partial charge in [-0.15, -0.1) is 0 Å². The van der Waals surface area contributed by atoms with Crippen molar-refractivity contribution < 1.29 is 4.74 Å². The van der Waals surface area contributed by atoms with E-state index in [1.165, 1.54) is 17.9 Å². The van der Waals surface area contributed by atoms with Crippen molar-refractivity contribution in [2.45, 2.75) is 50.7 Å². The van der Waals surface area contributed by atoms with Gasteiger partial charge in [0, 0.05) is 55.6 Å². The number of hydrogen-bond donors (Lipinski definition) is 1. The third-order valence-corrected chi connectivity index (χ3v) is 8.17. The molecule has 6 nitrogen and oxygen atoms in total. The molecule has 1 aromatic heterocycles. The van der Waals surface area contributed by atoms with Crippen LogP contribution < -0.4 is 15.4 Å². The number of nitrogens with zero attached hydrogens (tertiary/aromatic N) is 4. The molecule has 3 heterocycles. The van der Waals surface area contributed by atoms with Gasteiger partial charge in [0.15, 0.2) is 0 Å². The summed E-state index contributed by atoms with van der Waals surface area (Å²) >= 11 is 2.09. The van der Waals surface area contributed by atoms with E-state index in [0.717, 1.165) is 73.6 Å². The van der Waals surface area contributed by atoms with E-state index in [4.69, 9.17) is 10.5 Å². The van der Waals surface area contributed by atoms with E-state index in [0.29, 0.717) is 0 Å². The fourth-order valence-electron chi connectivity index (χ4n) is 4.61. The van der Waals surface area contributed by atoms with Gasteiger partial charge in [-0.3, -0.25) is 4.90 Å². The molecule has 2 aliphatic heterocycles. The van der Waals surface area contributed by atoms with Crippen LogP contribution in [0.1, 0.15) is 50.3 Å². The Balaban J connectivity index is 1.29. The van der Waals surface area contributed by atoms with Crippen molar-refractivity contribution in [3.63, 3.8) is 0 Å². The van der Waals surface area contributed by atoms with Crippen LogP contribution in [0.4, 0.5) is 11.5 Å². The number of hydrogen-bond acceptors (Lipinski definition) is 7. The van der Waals surface area contributed by atoms with Crippen molar-refractivity contribution in [1.29, 1.82) is 0 Å². The summed E-state index contributed by atoms with van der Waals surface area (Å²) in [5, 5.41) is 0. The lowest BCUT2D eigenvalue weighted by Crippen LogP contribution is -2.50. The minimum atomic E-state index is -0.00194. The molecular weight excluding hydrogens is 406 g/mol. The topological polar surface area (TPSA) is 67.5 Å². The number of piperazine rings is 1. The Morgan fingerprint density at radius 1 is 1.16 bits per heavy atom. The van der Waals surface area contributed by atoms with Crippen molar-refractivity contribution in [2.24, 2.45) is 0 Å². The van der Waals surface area contributed by atoms with E-state index >= 15 is 0 Å². The van der Waals surface area contributed by atoms with Crippen LogP contribution in [0.25, 0.3) is 0 Å². The second-order valence-corrected chi connectivity index (χ2v) is 10.6. The molecule has 0 spiro atoms. The molecule has 2 aromatic rings. The summed E-state index contributed by atoms with van der Waals surface area (Å²) < 4.78 is 6.16. The molecule has 2 N–H and O–H groups in total. The van der Waals surface area contributed by atoms with Gasteiger partial charge in [-0.25, -0.2) is 9.97 Å². The predicted octanol–water partition coefficient (Wildman–Crippen LogP) is 3.77. The predicted molar refractivity (Wildman–Crippen MR) is 128 cm³/mol. The van der Waals surface area contributed by atoms with Gasteiger partial charge >= 0.3 is 0 Å². The zero-order chi connectivity index (χ0) is 21.4. The van der Waals surface area contributed by atoms with Crippen LogP contribution in [0.3, 0.4) is 0 Å². The Labute approximate surface area is 189 Å². The quantitative estimate of drug-likeness (QED) is 0.687. The van der Waals surface area contributed by atoms with Gasteiger partial charge in [0.25, 0.3) is 0 Å². The van der Waals surface area contributed by atoms with Crippen molar-refractivity contribution in [1.82, 2.24) is 14.9 Å². The van der Waals surface area contributed by atoms with Crippen molar-refractivity contribution in [3.8, 4) is 5.75 Å². The first-order valence-electron chi connectivity index (χ1n) is 11.5. The van der Waals surface area contributed by atoms with Crippen molar-refractivity contribution in [2.75, 3.05) is 48.3 Å². The molecule has 3 aliphatic rings. The lowest BCUT2D eigenvalue weighted by atomic mass is 9.95. The van der Waals surface area contributed by atoms with Crippen LogP contribution in [-0.2, 0) is 0 Å². The van der Waals surface area contributed by atoms with Crippen LogP contribution in [-0.4, -0.2) is 64.2 Å². The first-order valence-corrected chi connectivity index (χ1v) is 12.6. The molecule has 0 radical (unpaired) electrons. The maximum atomic E-state index is 6.35. The van der Waals surface area contributed by atoms with Gasteiger partial charge in [-0.2, -0.15) is 11.8 Å². The van der Waals surface area contributed by atoms with E-state index < -0.39 is 0 Å². The fourth-order valence-corrected chi connectivity index (χ4v) is 5.87. The molecule has 2 atom stereocenters. The number of benzene rings is 1. The van der Waals surface area contributed by atoms with E-state index in [-0.39, 0.29) is 11.5 Å². The summed E-state index contributed by atoms with van der Waals surface area (Å²) in [5.74, 6) is 4.60. The summed E-state index contributed by atoms with van der Waals surface area (Å²) in [5.41, 5.74) is 9.19. The highest BCUT2D eigenvalue weighted by molar-refractivity contribution is 7.99. The third-order valence-electron chi connectivity index (χ3n) is 7.02. The zero-order valence-electron chi connectivity index (χ0n) is 18.6. The molecule has 5 rings (SSSR count). The van der Waals surface area contributed by atoms with E-state index in [2.05, 4.69) is 57.5 Å². The van der Waals surface area contributed by atoms with E-state index in [1.807, 2.05) is 12.1 Å². The SMILES string of the molecule is CC(c1cc(N2CCN(C3CCSC3)CC2)ncn1)c1cc(OC2(C)CC2)ccc1N. The largest absolute Gasteiger partial charge is 0.488 e. The number of ether oxygens (including phenoxy) is 1. The summed E-state index contributed by atoms with van der Waals surface area (Å²) in [6, 6.07) is 8.92. The molecule has 1 saturated carbocycles. The highest BCUT2D eigenvalue weighted by Gasteiger charge is 2.40. The number of rotatable bonds is 6. The lowest BCUT2D eigenvalue weighted by Gasteiger charge is -2.38. The number of aromatic nitrogens is 2. The van der Waals surface area contributed by atoms with E-state index in [9.17, 15) is 0 Å². The van der Waals surface area contributed by atoms with Gasteiger partial charge in [-0.05, 0) is 55.7 Å². The fraction of sp³-hybridized carbons (Fsp3) is 0.583. The second kappa shape index (κ2) is 8.51. The molecule has 7 heteroatoms. The monoisotopic (exact) mass is 439 g/mol. The minimum absolute atomic E-state index is 0.00194. The zero-order valence-corrected chi connectivity index (χ0v) is 19.4. The number of anilines is 2. The Morgan fingerprint density at radius 3 is 2.68 bits per heavy atom. The maximum Gasteiger partial charge on any atom is 0.132 e. The molecule has 0 bridgehead atoms. The molecule has 31 heavy (non-hydrogen) atoms. The summed E-state index contributed by atoms with van der Waals surface area (Å²) in [4.78, 5) is 14.3. The number of thioether (sulfide) groups is 1. The maximum absolute atomic E-state index is 6.35. The van der Waals surface area contributed by atoms with Crippen LogP contribution in [0.2, 0.25) is 0 Å². The van der Waals surface area contributed by atoms with Crippen LogP contribution in [0.15, 0.2) is 30.6 Å². The summed E-state index contributed by atoms with van der Waals surface area (Å²) in [7, 11) is 0. The minimum Gasteiger partial charge on any atom is -0.488 e. The third kappa shape index (κ3) is 4.62. The highest BCUT2D eigenvalue weighted by atomic mass is 32.2. The normalized spacial score (nSPS) is 24.2. The van der Waals surface area contributed by atoms with Gasteiger partial charge in [-0.1, -0.05) is 6.92 Å². The Morgan fingerprint density at radius 2 is 1.97 bits per heavy atom. The molecule has 2 unspecified atom stereocenters. The average Bonchev–Trinajstić information content (AvgIpc) is 3.27. The summed E-state index contributed by atoms with van der Waals surface area (Å²) in [6.45, 7) is 8.60. The van der Waals surface area contributed by atoms with E-state index in [1.54, 1.807) is 6.33 Å². The smallest absolute Gasteiger partial charge is 0.132 e. The standard InChI is InChI=1S/C24H33N5OS/c1-17(20-13-19(3-4-21(20)25)30-24(2)6-7-24)22-14-23(27-16-26-22)29-10-8-28(9-11-29)18-5-12-31-15-18/h3-4,13-14,16-18H,5-12,15,25H2,1-2H3. The van der Waals surface area contributed by atoms with Gasteiger partial charge in [0.2, 0.25) is 0 Å². The molecule has 0 amide bonds. The van der Waals surface area contributed by atoms with Crippen LogP contribution in [0.5, 0.6) is 5.75 Å². The molecule has 3 fully saturated rings. The Kier molecular flexibility index (Phi) is 5.73. The Bertz CT molecular complexity index is 920. The first kappa shape index (κ1) is 20.9. The second-order valence-electron chi connectivity index (χ2n) is 9.41. The lowest BCUT2D eigenvalue weighted by molar-refractivity contribution is 0.200. The van der Waals surface area contributed by atoms with Gasteiger partial charge < -0.3 is 15.4 Å². The molecule has 1 aromatic carbocycles. The summed E-state index contributed by atoms with van der Waals surface area (Å²) in [6.07, 6.45) is 5.26.